The highest BCUT2D eigenvalue weighted by Gasteiger charge is 2.11. The van der Waals surface area contributed by atoms with Crippen LogP contribution < -0.4 is 10.6 Å². The van der Waals surface area contributed by atoms with Crippen molar-refractivity contribution in [3.8, 4) is 0 Å². The zero-order valence-electron chi connectivity index (χ0n) is 10.9. The molecule has 0 aliphatic rings. The van der Waals surface area contributed by atoms with Gasteiger partial charge in [-0.25, -0.2) is 4.98 Å². The Morgan fingerprint density at radius 1 is 1.25 bits per heavy atom. The quantitative estimate of drug-likeness (QED) is 0.772. The molecule has 0 aliphatic heterocycles. The van der Waals surface area contributed by atoms with Crippen LogP contribution in [0.5, 0.6) is 0 Å². The molecule has 3 rings (SSSR count). The summed E-state index contributed by atoms with van der Waals surface area (Å²) in [6.07, 6.45) is 1.65. The van der Waals surface area contributed by atoms with E-state index in [0.717, 1.165) is 11.1 Å². The predicted molar refractivity (Wildman–Crippen MR) is 83.6 cm³/mol. The molecular formula is C15H13N3OS. The van der Waals surface area contributed by atoms with Crippen LogP contribution in [-0.4, -0.2) is 17.9 Å². The summed E-state index contributed by atoms with van der Waals surface area (Å²) >= 11 is 1.68. The SMILES string of the molecule is CNc1ncccc1C(=O)Nc1ccc2sccc2c1. The number of nitrogens with one attached hydrogen (secondary N) is 2. The lowest BCUT2D eigenvalue weighted by atomic mass is 10.2. The van der Waals surface area contributed by atoms with Crippen LogP contribution in [0.3, 0.4) is 0 Å². The summed E-state index contributed by atoms with van der Waals surface area (Å²) < 4.78 is 1.21. The molecular weight excluding hydrogens is 270 g/mol. The Hall–Kier alpha value is -2.40. The van der Waals surface area contributed by atoms with E-state index in [2.05, 4.69) is 15.6 Å². The summed E-state index contributed by atoms with van der Waals surface area (Å²) in [6.45, 7) is 0. The molecule has 2 heterocycles. The highest BCUT2D eigenvalue weighted by atomic mass is 32.1. The second kappa shape index (κ2) is 5.30. The van der Waals surface area contributed by atoms with Crippen molar-refractivity contribution >= 4 is 38.8 Å². The van der Waals surface area contributed by atoms with E-state index >= 15 is 0 Å². The van der Waals surface area contributed by atoms with Gasteiger partial charge in [0.05, 0.1) is 5.56 Å². The van der Waals surface area contributed by atoms with E-state index in [-0.39, 0.29) is 5.91 Å². The number of carbonyl (C=O) groups excluding carboxylic acids is 1. The number of anilines is 2. The summed E-state index contributed by atoms with van der Waals surface area (Å²) in [5, 5.41) is 8.99. The van der Waals surface area contributed by atoms with Crippen LogP contribution in [0.25, 0.3) is 10.1 Å². The number of hydrogen-bond donors (Lipinski definition) is 2. The van der Waals surface area contributed by atoms with Crippen LogP contribution in [0.2, 0.25) is 0 Å². The van der Waals surface area contributed by atoms with Crippen molar-refractivity contribution in [2.45, 2.75) is 0 Å². The fourth-order valence-electron chi connectivity index (χ4n) is 2.03. The second-order valence-corrected chi connectivity index (χ2v) is 5.22. The molecule has 0 spiro atoms. The molecule has 3 aromatic rings. The van der Waals surface area contributed by atoms with Crippen LogP contribution in [0, 0.1) is 0 Å². The minimum atomic E-state index is -0.169. The van der Waals surface area contributed by atoms with Gasteiger partial charge in [-0.05, 0) is 47.2 Å². The number of aromatic nitrogens is 1. The number of amides is 1. The molecule has 0 saturated carbocycles. The number of carbonyl (C=O) groups is 1. The second-order valence-electron chi connectivity index (χ2n) is 4.28. The van der Waals surface area contributed by atoms with Gasteiger partial charge in [-0.2, -0.15) is 0 Å². The first-order chi connectivity index (χ1) is 9.78. The van der Waals surface area contributed by atoms with Crippen molar-refractivity contribution in [1.82, 2.24) is 4.98 Å². The fourth-order valence-corrected chi connectivity index (χ4v) is 2.80. The summed E-state index contributed by atoms with van der Waals surface area (Å²) in [6, 6.07) is 11.4. The Morgan fingerprint density at radius 3 is 3.00 bits per heavy atom. The first-order valence-electron chi connectivity index (χ1n) is 6.19. The van der Waals surface area contributed by atoms with E-state index in [9.17, 15) is 4.79 Å². The van der Waals surface area contributed by atoms with Gasteiger partial charge in [-0.15, -0.1) is 11.3 Å². The van der Waals surface area contributed by atoms with Crippen molar-refractivity contribution in [2.75, 3.05) is 17.7 Å². The van der Waals surface area contributed by atoms with Crippen LogP contribution in [0.4, 0.5) is 11.5 Å². The smallest absolute Gasteiger partial charge is 0.259 e. The van der Waals surface area contributed by atoms with E-state index < -0.39 is 0 Å². The molecule has 1 aromatic carbocycles. The largest absolute Gasteiger partial charge is 0.372 e. The van der Waals surface area contributed by atoms with Crippen molar-refractivity contribution < 1.29 is 4.79 Å². The van der Waals surface area contributed by atoms with E-state index in [4.69, 9.17) is 0 Å². The Balaban J connectivity index is 1.88. The van der Waals surface area contributed by atoms with Gasteiger partial charge in [0.2, 0.25) is 0 Å². The van der Waals surface area contributed by atoms with Gasteiger partial charge in [0, 0.05) is 23.6 Å². The molecule has 0 radical (unpaired) electrons. The number of hydrogen-bond acceptors (Lipinski definition) is 4. The van der Waals surface area contributed by atoms with Gasteiger partial charge >= 0.3 is 0 Å². The third-order valence-electron chi connectivity index (χ3n) is 3.00. The standard InChI is InChI=1S/C15H13N3OS/c1-16-14-12(3-2-7-17-14)15(19)18-11-4-5-13-10(9-11)6-8-20-13/h2-9H,1H3,(H,16,17)(H,18,19). The summed E-state index contributed by atoms with van der Waals surface area (Å²) in [4.78, 5) is 16.4. The summed E-state index contributed by atoms with van der Waals surface area (Å²) in [7, 11) is 1.75. The maximum atomic E-state index is 12.3. The van der Waals surface area contributed by atoms with Crippen LogP contribution in [-0.2, 0) is 0 Å². The topological polar surface area (TPSA) is 54.0 Å². The van der Waals surface area contributed by atoms with E-state index in [0.29, 0.717) is 11.4 Å². The molecule has 0 fully saturated rings. The fraction of sp³-hybridized carbons (Fsp3) is 0.0667. The normalized spacial score (nSPS) is 10.4. The van der Waals surface area contributed by atoms with Crippen LogP contribution >= 0.6 is 11.3 Å². The Kier molecular flexibility index (Phi) is 3.35. The number of benzene rings is 1. The molecule has 20 heavy (non-hydrogen) atoms. The third kappa shape index (κ3) is 2.35. The molecule has 0 bridgehead atoms. The zero-order valence-corrected chi connectivity index (χ0v) is 11.7. The first-order valence-corrected chi connectivity index (χ1v) is 7.07. The predicted octanol–water partition coefficient (Wildman–Crippen LogP) is 3.59. The lowest BCUT2D eigenvalue weighted by molar-refractivity contribution is 0.102. The Bertz CT molecular complexity index is 766. The van der Waals surface area contributed by atoms with Crippen molar-refractivity contribution in [2.24, 2.45) is 0 Å². The molecule has 0 aliphatic carbocycles. The van der Waals surface area contributed by atoms with E-state index in [1.807, 2.05) is 29.6 Å². The van der Waals surface area contributed by atoms with E-state index in [1.165, 1.54) is 4.70 Å². The van der Waals surface area contributed by atoms with Crippen molar-refractivity contribution in [1.29, 1.82) is 0 Å². The maximum Gasteiger partial charge on any atom is 0.259 e. The van der Waals surface area contributed by atoms with Gasteiger partial charge in [-0.1, -0.05) is 0 Å². The monoisotopic (exact) mass is 283 g/mol. The lowest BCUT2D eigenvalue weighted by Gasteiger charge is -2.08. The minimum absolute atomic E-state index is 0.169. The first kappa shape index (κ1) is 12.6. The molecule has 4 nitrogen and oxygen atoms in total. The Labute approximate surface area is 120 Å². The van der Waals surface area contributed by atoms with E-state index in [1.54, 1.807) is 36.7 Å². The Morgan fingerprint density at radius 2 is 2.15 bits per heavy atom. The number of pyridine rings is 1. The maximum absolute atomic E-state index is 12.3. The molecule has 1 amide bonds. The van der Waals surface area contributed by atoms with Gasteiger partial charge in [-0.3, -0.25) is 4.79 Å². The number of fused-ring (bicyclic) bond motifs is 1. The number of rotatable bonds is 3. The average molecular weight is 283 g/mol. The van der Waals surface area contributed by atoms with Crippen LogP contribution in [0.1, 0.15) is 10.4 Å². The van der Waals surface area contributed by atoms with Crippen molar-refractivity contribution in [3.05, 3.63) is 53.5 Å². The molecule has 2 aromatic heterocycles. The molecule has 0 unspecified atom stereocenters. The molecule has 100 valence electrons. The lowest BCUT2D eigenvalue weighted by Crippen LogP contribution is -2.14. The van der Waals surface area contributed by atoms with Gasteiger partial charge in [0.25, 0.3) is 5.91 Å². The highest BCUT2D eigenvalue weighted by molar-refractivity contribution is 7.17. The van der Waals surface area contributed by atoms with Crippen LogP contribution in [0.15, 0.2) is 48.0 Å². The summed E-state index contributed by atoms with van der Waals surface area (Å²) in [5.41, 5.74) is 1.31. The molecule has 5 heteroatoms. The zero-order chi connectivity index (χ0) is 13.9. The van der Waals surface area contributed by atoms with Gasteiger partial charge < -0.3 is 10.6 Å². The third-order valence-corrected chi connectivity index (χ3v) is 3.90. The summed E-state index contributed by atoms with van der Waals surface area (Å²) in [5.74, 6) is 0.402. The molecule has 0 atom stereocenters. The molecule has 2 N–H and O–H groups in total. The average Bonchev–Trinajstić information content (AvgIpc) is 2.94. The van der Waals surface area contributed by atoms with Crippen molar-refractivity contribution in [3.63, 3.8) is 0 Å². The highest BCUT2D eigenvalue weighted by Crippen LogP contribution is 2.24. The minimum Gasteiger partial charge on any atom is -0.372 e. The molecule has 0 saturated heterocycles. The van der Waals surface area contributed by atoms with Gasteiger partial charge in [0.1, 0.15) is 5.82 Å². The number of thiophene rings is 1. The van der Waals surface area contributed by atoms with Gasteiger partial charge in [0.15, 0.2) is 0 Å². The number of nitrogens with zero attached hydrogens (tertiary/aromatic N) is 1.